The molecule has 0 fully saturated rings. The zero-order valence-electron chi connectivity index (χ0n) is 10.7. The Hall–Kier alpha value is -1.58. The van der Waals surface area contributed by atoms with E-state index in [-0.39, 0.29) is 6.61 Å². The van der Waals surface area contributed by atoms with Crippen LogP contribution in [-0.4, -0.2) is 5.11 Å². The van der Waals surface area contributed by atoms with Gasteiger partial charge in [-0.3, -0.25) is 0 Å². The molecule has 0 unspecified atom stereocenters. The van der Waals surface area contributed by atoms with E-state index < -0.39 is 5.82 Å². The van der Waals surface area contributed by atoms with Crippen LogP contribution in [0.5, 0.6) is 11.5 Å². The van der Waals surface area contributed by atoms with Gasteiger partial charge >= 0.3 is 0 Å². The van der Waals surface area contributed by atoms with Gasteiger partial charge in [0.1, 0.15) is 17.3 Å². The van der Waals surface area contributed by atoms with E-state index in [1.165, 1.54) is 12.1 Å². The number of hydrogen-bond donors (Lipinski definition) is 1. The Kier molecular flexibility index (Phi) is 4.08. The molecule has 0 atom stereocenters. The van der Waals surface area contributed by atoms with Gasteiger partial charge in [0, 0.05) is 11.1 Å². The van der Waals surface area contributed by atoms with Crippen LogP contribution in [0.2, 0.25) is 5.02 Å². The summed E-state index contributed by atoms with van der Waals surface area (Å²) in [6, 6.07) is 7.74. The molecule has 0 saturated heterocycles. The molecule has 2 rings (SSSR count). The number of rotatable bonds is 3. The van der Waals surface area contributed by atoms with Gasteiger partial charge in [-0.25, -0.2) is 4.39 Å². The molecule has 0 heterocycles. The number of benzene rings is 2. The van der Waals surface area contributed by atoms with Gasteiger partial charge in [0.15, 0.2) is 0 Å². The minimum atomic E-state index is -0.439. The summed E-state index contributed by atoms with van der Waals surface area (Å²) in [5.74, 6) is 0.572. The third-order valence-corrected chi connectivity index (χ3v) is 2.98. The minimum absolute atomic E-state index is 0.229. The first kappa shape index (κ1) is 13.8. The molecule has 0 bridgehead atoms. The topological polar surface area (TPSA) is 29.5 Å². The van der Waals surface area contributed by atoms with E-state index in [9.17, 15) is 4.39 Å². The van der Waals surface area contributed by atoms with Crippen LogP contribution in [0.25, 0.3) is 0 Å². The summed E-state index contributed by atoms with van der Waals surface area (Å²) in [6.45, 7) is 3.52. The number of aliphatic hydroxyl groups is 1. The standard InChI is InChI=1S/C15H14ClFO2/c1-9-3-12(16)4-10(2)15(9)19-14-6-11(8-18)5-13(17)7-14/h3-7,18H,8H2,1-2H3. The van der Waals surface area contributed by atoms with Crippen molar-refractivity contribution < 1.29 is 14.2 Å². The molecule has 2 aromatic carbocycles. The van der Waals surface area contributed by atoms with Crippen LogP contribution in [0, 0.1) is 19.7 Å². The fraction of sp³-hybridized carbons (Fsp3) is 0.200. The van der Waals surface area contributed by atoms with Crippen LogP contribution in [0.15, 0.2) is 30.3 Å². The van der Waals surface area contributed by atoms with Gasteiger partial charge in [-0.05, 0) is 54.8 Å². The zero-order valence-corrected chi connectivity index (χ0v) is 11.5. The lowest BCUT2D eigenvalue weighted by atomic mass is 10.1. The van der Waals surface area contributed by atoms with Crippen molar-refractivity contribution in [1.82, 2.24) is 0 Å². The molecule has 2 aromatic rings. The fourth-order valence-corrected chi connectivity index (χ4v) is 2.27. The second-order valence-electron chi connectivity index (χ2n) is 4.42. The van der Waals surface area contributed by atoms with E-state index in [2.05, 4.69) is 0 Å². The van der Waals surface area contributed by atoms with Crippen LogP contribution in [0.4, 0.5) is 4.39 Å². The third-order valence-electron chi connectivity index (χ3n) is 2.76. The Morgan fingerprint density at radius 2 is 1.74 bits per heavy atom. The van der Waals surface area contributed by atoms with Crippen molar-refractivity contribution in [3.8, 4) is 11.5 Å². The maximum absolute atomic E-state index is 13.4. The van der Waals surface area contributed by atoms with Crippen molar-refractivity contribution in [1.29, 1.82) is 0 Å². The number of halogens is 2. The molecule has 0 radical (unpaired) electrons. The Balaban J connectivity index is 2.39. The van der Waals surface area contributed by atoms with Crippen molar-refractivity contribution in [3.63, 3.8) is 0 Å². The molecule has 0 aromatic heterocycles. The molecule has 0 aliphatic rings. The van der Waals surface area contributed by atoms with E-state index >= 15 is 0 Å². The van der Waals surface area contributed by atoms with Crippen molar-refractivity contribution in [2.75, 3.05) is 0 Å². The van der Waals surface area contributed by atoms with Gasteiger partial charge in [0.2, 0.25) is 0 Å². The number of ether oxygens (including phenoxy) is 1. The van der Waals surface area contributed by atoms with Crippen LogP contribution < -0.4 is 4.74 Å². The van der Waals surface area contributed by atoms with Crippen LogP contribution in [0.3, 0.4) is 0 Å². The first-order valence-electron chi connectivity index (χ1n) is 5.84. The average Bonchev–Trinajstić information content (AvgIpc) is 2.33. The van der Waals surface area contributed by atoms with E-state index in [1.54, 1.807) is 18.2 Å². The van der Waals surface area contributed by atoms with Crippen molar-refractivity contribution in [2.45, 2.75) is 20.5 Å². The molecule has 4 heteroatoms. The van der Waals surface area contributed by atoms with Crippen LogP contribution in [-0.2, 0) is 6.61 Å². The highest BCUT2D eigenvalue weighted by Gasteiger charge is 2.09. The highest BCUT2D eigenvalue weighted by Crippen LogP contribution is 2.32. The van der Waals surface area contributed by atoms with Gasteiger partial charge in [-0.15, -0.1) is 0 Å². The summed E-state index contributed by atoms with van der Waals surface area (Å²) in [4.78, 5) is 0. The Morgan fingerprint density at radius 3 is 2.32 bits per heavy atom. The predicted molar refractivity (Wildman–Crippen MR) is 73.3 cm³/mol. The quantitative estimate of drug-likeness (QED) is 0.904. The highest BCUT2D eigenvalue weighted by molar-refractivity contribution is 6.30. The van der Waals surface area contributed by atoms with Gasteiger partial charge in [-0.2, -0.15) is 0 Å². The van der Waals surface area contributed by atoms with Gasteiger partial charge < -0.3 is 9.84 Å². The predicted octanol–water partition coefficient (Wildman–Crippen LogP) is 4.38. The lowest BCUT2D eigenvalue weighted by molar-refractivity contribution is 0.280. The van der Waals surface area contributed by atoms with E-state index in [4.69, 9.17) is 21.4 Å². The Bertz CT molecular complexity index is 588. The molecule has 0 amide bonds. The van der Waals surface area contributed by atoms with E-state index in [0.29, 0.717) is 22.1 Å². The van der Waals surface area contributed by atoms with E-state index in [0.717, 1.165) is 11.1 Å². The molecule has 100 valence electrons. The van der Waals surface area contributed by atoms with Crippen molar-refractivity contribution >= 4 is 11.6 Å². The molecule has 2 nitrogen and oxygen atoms in total. The molecule has 0 aliphatic carbocycles. The lowest BCUT2D eigenvalue weighted by Gasteiger charge is -2.13. The first-order valence-corrected chi connectivity index (χ1v) is 6.22. The molecule has 0 spiro atoms. The van der Waals surface area contributed by atoms with Crippen molar-refractivity contribution in [3.05, 3.63) is 57.9 Å². The van der Waals surface area contributed by atoms with Crippen LogP contribution >= 0.6 is 11.6 Å². The molecular weight excluding hydrogens is 267 g/mol. The maximum Gasteiger partial charge on any atom is 0.133 e. The smallest absolute Gasteiger partial charge is 0.133 e. The molecular formula is C15H14ClFO2. The van der Waals surface area contributed by atoms with E-state index in [1.807, 2.05) is 13.8 Å². The summed E-state index contributed by atoms with van der Waals surface area (Å²) in [5.41, 5.74) is 2.22. The summed E-state index contributed by atoms with van der Waals surface area (Å²) in [5, 5.41) is 9.70. The molecule has 1 N–H and O–H groups in total. The SMILES string of the molecule is Cc1cc(Cl)cc(C)c1Oc1cc(F)cc(CO)c1. The van der Waals surface area contributed by atoms with Crippen LogP contribution in [0.1, 0.15) is 16.7 Å². The fourth-order valence-electron chi connectivity index (χ4n) is 1.95. The second-order valence-corrected chi connectivity index (χ2v) is 4.86. The number of aliphatic hydroxyl groups excluding tert-OH is 1. The highest BCUT2D eigenvalue weighted by atomic mass is 35.5. The monoisotopic (exact) mass is 280 g/mol. The molecule has 19 heavy (non-hydrogen) atoms. The summed E-state index contributed by atoms with van der Waals surface area (Å²) in [6.07, 6.45) is 0. The zero-order chi connectivity index (χ0) is 14.0. The largest absolute Gasteiger partial charge is 0.457 e. The normalized spacial score (nSPS) is 10.6. The van der Waals surface area contributed by atoms with Gasteiger partial charge in [0.05, 0.1) is 6.61 Å². The summed E-state index contributed by atoms with van der Waals surface area (Å²) < 4.78 is 19.1. The Morgan fingerprint density at radius 1 is 1.11 bits per heavy atom. The maximum atomic E-state index is 13.4. The van der Waals surface area contributed by atoms with Gasteiger partial charge in [0.25, 0.3) is 0 Å². The molecule has 0 saturated carbocycles. The Labute approximate surface area is 116 Å². The van der Waals surface area contributed by atoms with Crippen molar-refractivity contribution in [2.24, 2.45) is 0 Å². The first-order chi connectivity index (χ1) is 8.99. The third kappa shape index (κ3) is 3.25. The average molecular weight is 281 g/mol. The second kappa shape index (κ2) is 5.59. The number of aryl methyl sites for hydroxylation is 2. The lowest BCUT2D eigenvalue weighted by Crippen LogP contribution is -1.94. The minimum Gasteiger partial charge on any atom is -0.457 e. The summed E-state index contributed by atoms with van der Waals surface area (Å²) >= 11 is 5.95. The van der Waals surface area contributed by atoms with Gasteiger partial charge in [-0.1, -0.05) is 11.6 Å². The molecule has 0 aliphatic heterocycles. The number of hydrogen-bond acceptors (Lipinski definition) is 2. The summed E-state index contributed by atoms with van der Waals surface area (Å²) in [7, 11) is 0.